The standard InChI is InChI=1S/C17H19N7/c1-11-18-6-5-16(23-11)24-9-3-4-15(24)13-10-14(22-12(2)21-13)17-19-7-8-20-17/h5-8,10,15H,3-4,9H2,1-2H3,(H,19,20)/t15-/m1/s1. The highest BCUT2D eigenvalue weighted by Gasteiger charge is 2.29. The average Bonchev–Trinajstić information content (AvgIpc) is 3.26. The maximum Gasteiger partial charge on any atom is 0.156 e. The average molecular weight is 321 g/mol. The highest BCUT2D eigenvalue weighted by Crippen LogP contribution is 2.35. The molecule has 0 aromatic carbocycles. The number of anilines is 1. The van der Waals surface area contributed by atoms with Crippen LogP contribution in [0, 0.1) is 13.8 Å². The fourth-order valence-corrected chi connectivity index (χ4v) is 3.24. The van der Waals surface area contributed by atoms with E-state index in [2.05, 4.69) is 34.8 Å². The summed E-state index contributed by atoms with van der Waals surface area (Å²) in [6, 6.07) is 4.20. The molecule has 4 heterocycles. The molecule has 7 heteroatoms. The normalized spacial score (nSPS) is 17.4. The lowest BCUT2D eigenvalue weighted by Crippen LogP contribution is -2.25. The molecule has 0 radical (unpaired) electrons. The lowest BCUT2D eigenvalue weighted by molar-refractivity contribution is 0.678. The number of rotatable bonds is 3. The van der Waals surface area contributed by atoms with Crippen molar-refractivity contribution < 1.29 is 0 Å². The van der Waals surface area contributed by atoms with Crippen molar-refractivity contribution in [1.29, 1.82) is 0 Å². The second-order valence-electron chi connectivity index (χ2n) is 5.98. The Morgan fingerprint density at radius 1 is 1.08 bits per heavy atom. The van der Waals surface area contributed by atoms with Crippen LogP contribution in [-0.2, 0) is 0 Å². The van der Waals surface area contributed by atoms with Crippen molar-refractivity contribution in [3.8, 4) is 11.5 Å². The molecular weight excluding hydrogens is 302 g/mol. The summed E-state index contributed by atoms with van der Waals surface area (Å²) in [6.07, 6.45) is 7.52. The third-order valence-electron chi connectivity index (χ3n) is 4.25. The molecule has 0 unspecified atom stereocenters. The first-order valence-corrected chi connectivity index (χ1v) is 8.12. The van der Waals surface area contributed by atoms with Crippen LogP contribution in [0.25, 0.3) is 11.5 Å². The van der Waals surface area contributed by atoms with Gasteiger partial charge in [0.25, 0.3) is 0 Å². The zero-order valence-electron chi connectivity index (χ0n) is 13.8. The lowest BCUT2D eigenvalue weighted by atomic mass is 10.1. The molecule has 0 spiro atoms. The van der Waals surface area contributed by atoms with E-state index in [1.807, 2.05) is 32.2 Å². The number of aryl methyl sites for hydroxylation is 2. The van der Waals surface area contributed by atoms with Gasteiger partial charge in [0.2, 0.25) is 0 Å². The molecule has 1 saturated heterocycles. The van der Waals surface area contributed by atoms with E-state index in [1.165, 1.54) is 0 Å². The number of imidazole rings is 1. The van der Waals surface area contributed by atoms with Gasteiger partial charge in [-0.2, -0.15) is 0 Å². The van der Waals surface area contributed by atoms with Crippen LogP contribution in [0.4, 0.5) is 5.82 Å². The molecule has 1 aliphatic heterocycles. The van der Waals surface area contributed by atoms with E-state index >= 15 is 0 Å². The summed E-state index contributed by atoms with van der Waals surface area (Å²) in [5.74, 6) is 3.27. The number of nitrogens with one attached hydrogen (secondary N) is 1. The van der Waals surface area contributed by atoms with Gasteiger partial charge in [0.05, 0.1) is 11.7 Å². The minimum absolute atomic E-state index is 0.203. The van der Waals surface area contributed by atoms with Gasteiger partial charge in [-0.15, -0.1) is 0 Å². The number of aromatic nitrogens is 6. The fourth-order valence-electron chi connectivity index (χ4n) is 3.24. The topological polar surface area (TPSA) is 83.5 Å². The minimum atomic E-state index is 0.203. The predicted octanol–water partition coefficient (Wildman–Crippen LogP) is 2.62. The number of hydrogen-bond donors (Lipinski definition) is 1. The van der Waals surface area contributed by atoms with Crippen molar-refractivity contribution in [2.24, 2.45) is 0 Å². The van der Waals surface area contributed by atoms with E-state index in [0.29, 0.717) is 0 Å². The summed E-state index contributed by atoms with van der Waals surface area (Å²) in [5, 5.41) is 0. The molecule has 3 aromatic heterocycles. The first-order chi connectivity index (χ1) is 11.7. The van der Waals surface area contributed by atoms with E-state index in [9.17, 15) is 0 Å². The van der Waals surface area contributed by atoms with E-state index < -0.39 is 0 Å². The molecule has 7 nitrogen and oxygen atoms in total. The molecule has 4 rings (SSSR count). The fraction of sp³-hybridized carbons (Fsp3) is 0.353. The monoisotopic (exact) mass is 321 g/mol. The van der Waals surface area contributed by atoms with Crippen LogP contribution in [0.2, 0.25) is 0 Å². The molecule has 3 aromatic rings. The molecule has 1 atom stereocenters. The molecule has 1 fully saturated rings. The van der Waals surface area contributed by atoms with Gasteiger partial charge in [-0.3, -0.25) is 0 Å². The molecule has 0 bridgehead atoms. The first kappa shape index (κ1) is 14.7. The largest absolute Gasteiger partial charge is 0.348 e. The predicted molar refractivity (Wildman–Crippen MR) is 90.4 cm³/mol. The summed E-state index contributed by atoms with van der Waals surface area (Å²) in [7, 11) is 0. The van der Waals surface area contributed by atoms with Crippen molar-refractivity contribution in [3.63, 3.8) is 0 Å². The quantitative estimate of drug-likeness (QED) is 0.798. The molecule has 1 aliphatic rings. The number of hydrogen-bond acceptors (Lipinski definition) is 6. The van der Waals surface area contributed by atoms with Crippen molar-refractivity contribution in [2.75, 3.05) is 11.4 Å². The van der Waals surface area contributed by atoms with Gasteiger partial charge in [-0.25, -0.2) is 24.9 Å². The van der Waals surface area contributed by atoms with Crippen LogP contribution in [-0.4, -0.2) is 36.4 Å². The number of nitrogens with zero attached hydrogens (tertiary/aromatic N) is 6. The van der Waals surface area contributed by atoms with Crippen molar-refractivity contribution in [2.45, 2.75) is 32.7 Å². The van der Waals surface area contributed by atoms with Crippen molar-refractivity contribution in [1.82, 2.24) is 29.9 Å². The Kier molecular flexibility index (Phi) is 3.68. The van der Waals surface area contributed by atoms with Gasteiger partial charge in [0.15, 0.2) is 5.82 Å². The Bertz CT molecular complexity index is 844. The van der Waals surface area contributed by atoms with Crippen LogP contribution >= 0.6 is 0 Å². The summed E-state index contributed by atoms with van der Waals surface area (Å²) in [6.45, 7) is 4.81. The highest BCUT2D eigenvalue weighted by molar-refractivity contribution is 5.51. The van der Waals surface area contributed by atoms with E-state index in [1.54, 1.807) is 12.4 Å². The van der Waals surface area contributed by atoms with Gasteiger partial charge < -0.3 is 9.88 Å². The second-order valence-corrected chi connectivity index (χ2v) is 5.98. The van der Waals surface area contributed by atoms with Gasteiger partial charge in [-0.1, -0.05) is 0 Å². The van der Waals surface area contributed by atoms with E-state index in [-0.39, 0.29) is 6.04 Å². The summed E-state index contributed by atoms with van der Waals surface area (Å²) >= 11 is 0. The van der Waals surface area contributed by atoms with Gasteiger partial charge in [-0.05, 0) is 38.8 Å². The smallest absolute Gasteiger partial charge is 0.156 e. The van der Waals surface area contributed by atoms with E-state index in [4.69, 9.17) is 0 Å². The Labute approximate surface area is 140 Å². The van der Waals surface area contributed by atoms with Crippen LogP contribution < -0.4 is 4.90 Å². The van der Waals surface area contributed by atoms with E-state index in [0.717, 1.165) is 54.1 Å². The molecule has 122 valence electrons. The zero-order valence-corrected chi connectivity index (χ0v) is 13.8. The first-order valence-electron chi connectivity index (χ1n) is 8.12. The van der Waals surface area contributed by atoms with Crippen LogP contribution in [0.5, 0.6) is 0 Å². The maximum absolute atomic E-state index is 4.69. The van der Waals surface area contributed by atoms with Crippen molar-refractivity contribution >= 4 is 5.82 Å². The third-order valence-corrected chi connectivity index (χ3v) is 4.25. The summed E-state index contributed by atoms with van der Waals surface area (Å²) < 4.78 is 0. The van der Waals surface area contributed by atoms with Crippen molar-refractivity contribution in [3.05, 3.63) is 48.1 Å². The summed E-state index contributed by atoms with van der Waals surface area (Å²) in [4.78, 5) is 27.7. The molecule has 24 heavy (non-hydrogen) atoms. The molecule has 0 amide bonds. The van der Waals surface area contributed by atoms with Gasteiger partial charge >= 0.3 is 0 Å². The number of aromatic amines is 1. The zero-order chi connectivity index (χ0) is 16.5. The summed E-state index contributed by atoms with van der Waals surface area (Å²) in [5.41, 5.74) is 1.84. The Morgan fingerprint density at radius 2 is 2.00 bits per heavy atom. The van der Waals surface area contributed by atoms with Crippen LogP contribution in [0.15, 0.2) is 30.7 Å². The Morgan fingerprint density at radius 3 is 2.79 bits per heavy atom. The maximum atomic E-state index is 4.69. The molecular formula is C17H19N7. The highest BCUT2D eigenvalue weighted by atomic mass is 15.2. The van der Waals surface area contributed by atoms with Gasteiger partial charge in [0, 0.05) is 25.1 Å². The molecule has 0 saturated carbocycles. The van der Waals surface area contributed by atoms with Crippen LogP contribution in [0.3, 0.4) is 0 Å². The Balaban J connectivity index is 1.72. The Hall–Kier alpha value is -2.83. The van der Waals surface area contributed by atoms with Gasteiger partial charge in [0.1, 0.15) is 23.2 Å². The van der Waals surface area contributed by atoms with Crippen LogP contribution in [0.1, 0.15) is 36.2 Å². The number of H-pyrrole nitrogens is 1. The molecule has 1 N–H and O–H groups in total. The second kappa shape index (κ2) is 5.99. The minimum Gasteiger partial charge on any atom is -0.348 e. The SMILES string of the molecule is Cc1nc(-c2ncc[nH]2)cc([C@H]2CCCN2c2ccnc(C)n2)n1. The molecule has 0 aliphatic carbocycles. The third kappa shape index (κ3) is 2.73. The lowest BCUT2D eigenvalue weighted by Gasteiger charge is -2.25.